The molecule has 1 fully saturated rings. The molecule has 0 radical (unpaired) electrons. The third-order valence-electron chi connectivity index (χ3n) is 4.51. The highest BCUT2D eigenvalue weighted by molar-refractivity contribution is 5.69. The molecule has 25 heavy (non-hydrogen) atoms. The Labute approximate surface area is 144 Å². The van der Waals surface area contributed by atoms with Gasteiger partial charge in [-0.05, 0) is 75.0 Å². The van der Waals surface area contributed by atoms with Crippen molar-refractivity contribution < 1.29 is 18.3 Å². The number of hydrogen-bond acceptors (Lipinski definition) is 4. The van der Waals surface area contributed by atoms with Crippen molar-refractivity contribution in [3.8, 4) is 17.0 Å². The Kier molecular flexibility index (Phi) is 4.94. The summed E-state index contributed by atoms with van der Waals surface area (Å²) in [7, 11) is 0. The number of aryl methyl sites for hydroxylation is 1. The normalized spacial score (nSPS) is 18.3. The monoisotopic (exact) mass is 351 g/mol. The Morgan fingerprint density at radius 3 is 2.64 bits per heavy atom. The smallest absolute Gasteiger partial charge is 0.416 e. The van der Waals surface area contributed by atoms with Crippen LogP contribution >= 0.6 is 0 Å². The molecule has 1 aromatic heterocycles. The van der Waals surface area contributed by atoms with Gasteiger partial charge in [0, 0.05) is 5.56 Å². The van der Waals surface area contributed by atoms with Crippen molar-refractivity contribution in [1.29, 1.82) is 0 Å². The van der Waals surface area contributed by atoms with Gasteiger partial charge in [0.15, 0.2) is 0 Å². The van der Waals surface area contributed by atoms with Crippen LogP contribution in [-0.2, 0) is 12.6 Å². The van der Waals surface area contributed by atoms with E-state index < -0.39 is 17.5 Å². The van der Waals surface area contributed by atoms with Crippen molar-refractivity contribution in [2.75, 3.05) is 13.1 Å². The predicted molar refractivity (Wildman–Crippen MR) is 88.2 cm³/mol. The van der Waals surface area contributed by atoms with Crippen LogP contribution in [0.15, 0.2) is 24.3 Å². The van der Waals surface area contributed by atoms with Gasteiger partial charge in [0.2, 0.25) is 0 Å². The molecule has 0 spiro atoms. The van der Waals surface area contributed by atoms with Crippen LogP contribution in [0.5, 0.6) is 5.75 Å². The van der Waals surface area contributed by atoms with E-state index in [4.69, 9.17) is 0 Å². The molecule has 2 N–H and O–H groups in total. The van der Waals surface area contributed by atoms with Gasteiger partial charge in [-0.1, -0.05) is 0 Å². The fourth-order valence-corrected chi connectivity index (χ4v) is 3.21. The second kappa shape index (κ2) is 7.00. The van der Waals surface area contributed by atoms with Gasteiger partial charge >= 0.3 is 6.18 Å². The summed E-state index contributed by atoms with van der Waals surface area (Å²) in [5.41, 5.74) is 1.41. The Hall–Kier alpha value is -2.15. The Morgan fingerprint density at radius 1 is 1.24 bits per heavy atom. The number of alkyl halides is 3. The number of hydrogen-bond donors (Lipinski definition) is 2. The molecule has 4 nitrogen and oxygen atoms in total. The molecule has 2 aromatic rings. The van der Waals surface area contributed by atoms with Crippen LogP contribution in [0.4, 0.5) is 13.2 Å². The number of halogens is 3. The molecule has 1 atom stereocenters. The van der Waals surface area contributed by atoms with Crippen molar-refractivity contribution in [3.05, 3.63) is 41.1 Å². The first kappa shape index (κ1) is 17.7. The van der Waals surface area contributed by atoms with Gasteiger partial charge in [0.25, 0.3) is 0 Å². The average Bonchev–Trinajstić information content (AvgIpc) is 2.56. The lowest BCUT2D eigenvalue weighted by Gasteiger charge is -2.22. The molecular weight excluding hydrogens is 331 g/mol. The zero-order valence-electron chi connectivity index (χ0n) is 13.9. The number of phenolic OH excluding ortho intramolecular Hbond substituents is 1. The van der Waals surface area contributed by atoms with Gasteiger partial charge in [-0.3, -0.25) is 0 Å². The van der Waals surface area contributed by atoms with Gasteiger partial charge in [0.1, 0.15) is 5.75 Å². The van der Waals surface area contributed by atoms with E-state index in [-0.39, 0.29) is 5.56 Å². The minimum absolute atomic E-state index is 0.254. The molecule has 134 valence electrons. The minimum Gasteiger partial charge on any atom is -0.507 e. The molecule has 1 saturated heterocycles. The van der Waals surface area contributed by atoms with Crippen LogP contribution in [0, 0.1) is 12.8 Å². The van der Waals surface area contributed by atoms with Gasteiger partial charge in [-0.2, -0.15) is 18.3 Å². The number of nitrogens with zero attached hydrogens (tertiary/aromatic N) is 2. The first-order valence-corrected chi connectivity index (χ1v) is 8.29. The van der Waals surface area contributed by atoms with Gasteiger partial charge in [0.05, 0.1) is 17.0 Å². The molecule has 1 aromatic carbocycles. The summed E-state index contributed by atoms with van der Waals surface area (Å²) in [5, 5.41) is 21.7. The van der Waals surface area contributed by atoms with Crippen molar-refractivity contribution in [2.45, 2.75) is 32.4 Å². The Bertz CT molecular complexity index is 756. The SMILES string of the molecule is Cc1cc(CC2CCCNC2)nnc1-c1ccc(C(F)(F)F)cc1O. The highest BCUT2D eigenvalue weighted by atomic mass is 19.4. The average molecular weight is 351 g/mol. The lowest BCUT2D eigenvalue weighted by molar-refractivity contribution is -0.137. The zero-order valence-corrected chi connectivity index (χ0v) is 13.9. The zero-order chi connectivity index (χ0) is 18.0. The van der Waals surface area contributed by atoms with Crippen molar-refractivity contribution in [2.24, 2.45) is 5.92 Å². The Balaban J connectivity index is 1.83. The summed E-state index contributed by atoms with van der Waals surface area (Å²) < 4.78 is 38.1. The standard InChI is InChI=1S/C18H20F3N3O/c1-11-7-14(8-12-3-2-6-22-10-12)23-24-17(11)15-5-4-13(9-16(15)25)18(19,20)21/h4-5,7,9,12,22,25H,2-3,6,8,10H2,1H3. The molecule has 1 aliphatic heterocycles. The molecule has 0 aliphatic carbocycles. The molecular formula is C18H20F3N3O. The second-order valence-corrected chi connectivity index (χ2v) is 6.51. The maximum absolute atomic E-state index is 12.7. The first-order valence-electron chi connectivity index (χ1n) is 8.29. The summed E-state index contributed by atoms with van der Waals surface area (Å²) >= 11 is 0. The van der Waals surface area contributed by atoms with Gasteiger partial charge in [-0.25, -0.2) is 0 Å². The van der Waals surface area contributed by atoms with Crippen molar-refractivity contribution in [1.82, 2.24) is 15.5 Å². The van der Waals surface area contributed by atoms with E-state index in [1.165, 1.54) is 6.07 Å². The highest BCUT2D eigenvalue weighted by Gasteiger charge is 2.31. The number of benzene rings is 1. The fourth-order valence-electron chi connectivity index (χ4n) is 3.21. The van der Waals surface area contributed by atoms with Crippen LogP contribution in [0.1, 0.15) is 29.7 Å². The summed E-state index contributed by atoms with van der Waals surface area (Å²) in [6.07, 6.45) is -1.38. The van der Waals surface area contributed by atoms with E-state index in [1.54, 1.807) is 0 Å². The molecule has 1 aliphatic rings. The molecule has 3 rings (SSSR count). The van der Waals surface area contributed by atoms with Crippen LogP contribution in [0.2, 0.25) is 0 Å². The predicted octanol–water partition coefficient (Wildman–Crippen LogP) is 3.72. The maximum Gasteiger partial charge on any atom is 0.416 e. The molecule has 2 heterocycles. The molecule has 1 unspecified atom stereocenters. The third-order valence-corrected chi connectivity index (χ3v) is 4.51. The van der Waals surface area contributed by atoms with Crippen molar-refractivity contribution >= 4 is 0 Å². The van der Waals surface area contributed by atoms with Crippen LogP contribution in [0.3, 0.4) is 0 Å². The topological polar surface area (TPSA) is 58.0 Å². The van der Waals surface area contributed by atoms with E-state index in [1.807, 2.05) is 13.0 Å². The van der Waals surface area contributed by atoms with E-state index in [0.29, 0.717) is 11.6 Å². The third kappa shape index (κ3) is 4.10. The van der Waals surface area contributed by atoms with Crippen LogP contribution in [-0.4, -0.2) is 28.4 Å². The van der Waals surface area contributed by atoms with E-state index >= 15 is 0 Å². The molecule has 0 bridgehead atoms. The second-order valence-electron chi connectivity index (χ2n) is 6.51. The minimum atomic E-state index is -4.49. The van der Waals surface area contributed by atoms with Gasteiger partial charge in [-0.15, -0.1) is 5.10 Å². The quantitative estimate of drug-likeness (QED) is 0.885. The largest absolute Gasteiger partial charge is 0.507 e. The van der Waals surface area contributed by atoms with Crippen molar-refractivity contribution in [3.63, 3.8) is 0 Å². The molecule has 7 heteroatoms. The molecule has 0 amide bonds. The number of rotatable bonds is 3. The van der Waals surface area contributed by atoms with E-state index in [2.05, 4.69) is 15.5 Å². The number of nitrogens with one attached hydrogen (secondary N) is 1. The number of piperidine rings is 1. The fraction of sp³-hybridized carbons (Fsp3) is 0.444. The summed E-state index contributed by atoms with van der Waals surface area (Å²) in [5.74, 6) is 0.0734. The number of aromatic nitrogens is 2. The maximum atomic E-state index is 12.7. The number of phenols is 1. The summed E-state index contributed by atoms with van der Waals surface area (Å²) in [6, 6.07) is 4.80. The van der Waals surface area contributed by atoms with E-state index in [0.717, 1.165) is 55.7 Å². The lowest BCUT2D eigenvalue weighted by atomic mass is 9.94. The first-order chi connectivity index (χ1) is 11.8. The molecule has 0 saturated carbocycles. The van der Waals surface area contributed by atoms with E-state index in [9.17, 15) is 18.3 Å². The van der Waals surface area contributed by atoms with Crippen LogP contribution < -0.4 is 5.32 Å². The lowest BCUT2D eigenvalue weighted by Crippen LogP contribution is -2.31. The van der Waals surface area contributed by atoms with Gasteiger partial charge < -0.3 is 10.4 Å². The summed E-state index contributed by atoms with van der Waals surface area (Å²) in [6.45, 7) is 3.83. The Morgan fingerprint density at radius 2 is 2.04 bits per heavy atom. The number of aromatic hydroxyl groups is 1. The highest BCUT2D eigenvalue weighted by Crippen LogP contribution is 2.36. The van der Waals surface area contributed by atoms with Crippen LogP contribution in [0.25, 0.3) is 11.3 Å². The summed E-state index contributed by atoms with van der Waals surface area (Å²) in [4.78, 5) is 0.